The number of guanidine groups is 1. The molecule has 0 saturated carbocycles. The van der Waals surface area contributed by atoms with Crippen LogP contribution in [-0.2, 0) is 11.3 Å². The van der Waals surface area contributed by atoms with Gasteiger partial charge in [-0.3, -0.25) is 4.79 Å². The van der Waals surface area contributed by atoms with E-state index in [0.29, 0.717) is 19.0 Å². The zero-order chi connectivity index (χ0) is 16.5. The highest BCUT2D eigenvalue weighted by Gasteiger charge is 2.10. The molecule has 120 valence electrons. The molecular weight excluding hydrogens is 276 g/mol. The molecule has 5 nitrogen and oxygen atoms in total. The quantitative estimate of drug-likeness (QED) is 0.494. The second-order valence-electron chi connectivity index (χ2n) is 5.58. The minimum atomic E-state index is 0.0103. The molecule has 0 saturated heterocycles. The van der Waals surface area contributed by atoms with Crippen molar-refractivity contribution in [3.63, 3.8) is 0 Å². The van der Waals surface area contributed by atoms with Gasteiger partial charge in [0, 0.05) is 27.7 Å². The van der Waals surface area contributed by atoms with Crippen molar-refractivity contribution in [3.8, 4) is 0 Å². The Morgan fingerprint density at radius 2 is 1.86 bits per heavy atom. The Morgan fingerprint density at radius 3 is 2.41 bits per heavy atom. The van der Waals surface area contributed by atoms with E-state index in [1.54, 1.807) is 19.0 Å². The number of nitrogens with one attached hydrogen (secondary N) is 1. The lowest BCUT2D eigenvalue weighted by Gasteiger charge is -2.23. The van der Waals surface area contributed by atoms with Crippen LogP contribution < -0.4 is 5.32 Å². The topological polar surface area (TPSA) is 47.9 Å². The highest BCUT2D eigenvalue weighted by molar-refractivity contribution is 5.86. The monoisotopic (exact) mass is 302 g/mol. The smallest absolute Gasteiger partial charge is 0.241 e. The molecule has 0 aliphatic carbocycles. The van der Waals surface area contributed by atoms with Crippen molar-refractivity contribution in [2.75, 3.05) is 34.2 Å². The summed E-state index contributed by atoms with van der Waals surface area (Å²) >= 11 is 0. The lowest BCUT2D eigenvalue weighted by Crippen LogP contribution is -2.44. The molecule has 1 aromatic carbocycles. The van der Waals surface area contributed by atoms with Crippen LogP contribution in [0.2, 0.25) is 0 Å². The Labute approximate surface area is 133 Å². The summed E-state index contributed by atoms with van der Waals surface area (Å²) in [5.74, 6) is 0.707. The van der Waals surface area contributed by atoms with E-state index < -0.39 is 0 Å². The molecule has 0 unspecified atom stereocenters. The first kappa shape index (κ1) is 17.8. The average molecular weight is 302 g/mol. The van der Waals surface area contributed by atoms with Crippen LogP contribution in [0, 0.1) is 0 Å². The molecule has 0 aliphatic heterocycles. The van der Waals surface area contributed by atoms with Gasteiger partial charge in [-0.25, -0.2) is 4.99 Å². The van der Waals surface area contributed by atoms with E-state index >= 15 is 0 Å². The normalized spacial score (nSPS) is 11.0. The minimum absolute atomic E-state index is 0.0103. The predicted octanol–water partition coefficient (Wildman–Crippen LogP) is 1.73. The molecule has 1 amide bonds. The van der Waals surface area contributed by atoms with Gasteiger partial charge in [-0.05, 0) is 12.5 Å². The van der Waals surface area contributed by atoms with Crippen LogP contribution in [0.4, 0.5) is 0 Å². The molecule has 1 aromatic rings. The lowest BCUT2D eigenvalue weighted by molar-refractivity contribution is -0.127. The van der Waals surface area contributed by atoms with Crippen LogP contribution in [0.1, 0.15) is 12.5 Å². The molecule has 0 spiro atoms. The summed E-state index contributed by atoms with van der Waals surface area (Å²) in [5, 5.41) is 3.12. The third-order valence-corrected chi connectivity index (χ3v) is 3.02. The van der Waals surface area contributed by atoms with Crippen molar-refractivity contribution in [1.29, 1.82) is 0 Å². The molecule has 22 heavy (non-hydrogen) atoms. The number of aliphatic imine (C=N–C) groups is 1. The minimum Gasteiger partial charge on any atom is -0.347 e. The molecule has 0 radical (unpaired) electrons. The van der Waals surface area contributed by atoms with Crippen molar-refractivity contribution in [1.82, 2.24) is 15.1 Å². The van der Waals surface area contributed by atoms with E-state index in [0.717, 1.165) is 11.1 Å². The molecule has 0 aromatic heterocycles. The highest BCUT2D eigenvalue weighted by atomic mass is 16.2. The zero-order valence-corrected chi connectivity index (χ0v) is 14.0. The predicted molar refractivity (Wildman–Crippen MR) is 91.7 cm³/mol. The Hall–Kier alpha value is -2.30. The van der Waals surface area contributed by atoms with E-state index in [-0.39, 0.29) is 12.5 Å². The van der Waals surface area contributed by atoms with E-state index in [2.05, 4.69) is 16.9 Å². The Balaban J connectivity index is 2.76. The zero-order valence-electron chi connectivity index (χ0n) is 14.0. The summed E-state index contributed by atoms with van der Waals surface area (Å²) in [6.45, 7) is 7.37. The first-order chi connectivity index (χ1) is 10.4. The third kappa shape index (κ3) is 6.43. The van der Waals surface area contributed by atoms with E-state index in [9.17, 15) is 4.79 Å². The fourth-order valence-electron chi connectivity index (χ4n) is 1.85. The van der Waals surface area contributed by atoms with Gasteiger partial charge in [0.25, 0.3) is 0 Å². The van der Waals surface area contributed by atoms with Gasteiger partial charge in [0.2, 0.25) is 5.91 Å². The van der Waals surface area contributed by atoms with Gasteiger partial charge in [-0.2, -0.15) is 0 Å². The van der Waals surface area contributed by atoms with Gasteiger partial charge in [-0.15, -0.1) is 0 Å². The molecule has 5 heteroatoms. The fraction of sp³-hybridized carbons (Fsp3) is 0.412. The van der Waals surface area contributed by atoms with Crippen molar-refractivity contribution in [2.24, 2.45) is 4.99 Å². The first-order valence-electron chi connectivity index (χ1n) is 7.28. The maximum Gasteiger partial charge on any atom is 0.241 e. The first-order valence-corrected chi connectivity index (χ1v) is 7.28. The fourth-order valence-corrected chi connectivity index (χ4v) is 1.85. The summed E-state index contributed by atoms with van der Waals surface area (Å²) < 4.78 is 0. The second-order valence-corrected chi connectivity index (χ2v) is 5.58. The average Bonchev–Trinajstić information content (AvgIpc) is 2.47. The number of likely N-dealkylation sites (N-methyl/N-ethyl adjacent to an activating group) is 2. The largest absolute Gasteiger partial charge is 0.347 e. The number of rotatable bonds is 6. The highest BCUT2D eigenvalue weighted by Crippen LogP contribution is 2.02. The number of hydrogen-bond acceptors (Lipinski definition) is 2. The molecular formula is C17H26N4O. The molecule has 1 N–H and O–H groups in total. The van der Waals surface area contributed by atoms with Crippen molar-refractivity contribution in [3.05, 3.63) is 48.0 Å². The summed E-state index contributed by atoms with van der Waals surface area (Å²) in [7, 11) is 5.41. The van der Waals surface area contributed by atoms with E-state index in [1.807, 2.05) is 49.2 Å². The molecule has 0 bridgehead atoms. The maximum absolute atomic E-state index is 11.7. The number of carbonyl (C=O) groups excluding carboxylic acids is 1. The van der Waals surface area contributed by atoms with Gasteiger partial charge in [0.1, 0.15) is 0 Å². The van der Waals surface area contributed by atoms with E-state index in [4.69, 9.17) is 0 Å². The van der Waals surface area contributed by atoms with Crippen LogP contribution in [-0.4, -0.2) is 55.9 Å². The van der Waals surface area contributed by atoms with Crippen molar-refractivity contribution in [2.45, 2.75) is 13.5 Å². The Kier molecular flexibility index (Phi) is 7.16. The maximum atomic E-state index is 11.7. The third-order valence-electron chi connectivity index (χ3n) is 3.02. The van der Waals surface area contributed by atoms with Crippen LogP contribution >= 0.6 is 0 Å². The van der Waals surface area contributed by atoms with Gasteiger partial charge >= 0.3 is 0 Å². The van der Waals surface area contributed by atoms with Crippen LogP contribution in [0.3, 0.4) is 0 Å². The van der Waals surface area contributed by atoms with Crippen molar-refractivity contribution >= 4 is 11.9 Å². The van der Waals surface area contributed by atoms with Crippen LogP contribution in [0.5, 0.6) is 0 Å². The number of hydrogen-bond donors (Lipinski definition) is 1. The van der Waals surface area contributed by atoms with Crippen LogP contribution in [0.15, 0.2) is 47.5 Å². The molecule has 0 heterocycles. The SMILES string of the molecule is C=C(C)CN(C)C(=NCc1ccccc1)NCC(=O)N(C)C. The van der Waals surface area contributed by atoms with E-state index in [1.165, 1.54) is 0 Å². The van der Waals surface area contributed by atoms with Gasteiger partial charge in [-0.1, -0.05) is 42.5 Å². The molecule has 0 fully saturated rings. The standard InChI is InChI=1S/C17H26N4O/c1-14(2)13-21(5)17(19-12-16(22)20(3)4)18-11-15-9-7-6-8-10-15/h6-10H,1,11-13H2,2-5H3,(H,18,19). The number of benzene rings is 1. The van der Waals surface area contributed by atoms with Gasteiger partial charge in [0.15, 0.2) is 5.96 Å². The number of nitrogens with zero attached hydrogens (tertiary/aromatic N) is 3. The molecule has 1 rings (SSSR count). The molecule has 0 aliphatic rings. The summed E-state index contributed by atoms with van der Waals surface area (Å²) in [6.07, 6.45) is 0. The van der Waals surface area contributed by atoms with Gasteiger partial charge < -0.3 is 15.1 Å². The Bertz CT molecular complexity index is 523. The number of amides is 1. The van der Waals surface area contributed by atoms with Gasteiger partial charge in [0.05, 0.1) is 13.1 Å². The van der Waals surface area contributed by atoms with Crippen molar-refractivity contribution < 1.29 is 4.79 Å². The van der Waals surface area contributed by atoms with Crippen LogP contribution in [0.25, 0.3) is 0 Å². The number of carbonyl (C=O) groups is 1. The summed E-state index contributed by atoms with van der Waals surface area (Å²) in [5.41, 5.74) is 2.17. The molecule has 0 atom stereocenters. The lowest BCUT2D eigenvalue weighted by atomic mass is 10.2. The Morgan fingerprint density at radius 1 is 1.23 bits per heavy atom. The second kappa shape index (κ2) is 8.87. The summed E-state index contributed by atoms with van der Waals surface area (Å²) in [6, 6.07) is 10.0. The summed E-state index contributed by atoms with van der Waals surface area (Å²) in [4.78, 5) is 19.9.